The van der Waals surface area contributed by atoms with E-state index in [0.717, 1.165) is 161 Å². The van der Waals surface area contributed by atoms with Crippen LogP contribution in [0.25, 0.3) is 0 Å². The average Bonchev–Trinajstić information content (AvgIpc) is 1.81. The molecule has 546 valence electrons. The quantitative estimate of drug-likeness (QED) is 0.0146. The van der Waals surface area contributed by atoms with Crippen LogP contribution >= 0.6 is 15.6 Å². The molecule has 0 saturated carbocycles. The van der Waals surface area contributed by atoms with Gasteiger partial charge in [0.05, 0.1) is 26.4 Å². The van der Waals surface area contributed by atoms with Gasteiger partial charge in [-0.3, -0.25) is 32.5 Å². The Kier molecular flexibility index (Phi) is 66.9. The van der Waals surface area contributed by atoms with E-state index in [1.54, 1.807) is 0 Å². The number of hydrogen-bond donors (Lipinski definition) is 4. The second-order valence-corrected chi connectivity index (χ2v) is 27.2. The number of phosphoric ester groups is 2. The maximum absolute atomic E-state index is 12.9. The standard InChI is InChI=1S/C77H132O16P2/c1-4-7-10-13-16-19-22-25-27-29-31-32-33-34-35-36-37-38-40-42-43-46-48-51-54-57-60-63-75(80)87-66-72(78)67-89-94(83,84)90-68-73(79)69-91-95(85,86)92-71-74(93-77(82)65-62-59-56-53-50-45-24-21-18-15-12-9-6-3)70-88-76(81)64-61-58-55-52-49-47-44-41-39-30-28-26-23-20-17-14-11-8-5-2/h7-8,10-11,16-17,19-20,25-28,31-32,34-35,37-39,41,72-74,78-79H,4-6,9,12-15,18,21-24,29-30,33,36,40,42-71H2,1-3H3,(H,83,84)(H,85,86)/b10-7-,11-8-,19-16-,20-17-,27-25-,28-26-,32-31-,35-34-,38-37-,41-39-. The van der Waals surface area contributed by atoms with Gasteiger partial charge in [0.15, 0.2) is 6.10 Å². The first-order valence-corrected chi connectivity index (χ1v) is 39.8. The predicted molar refractivity (Wildman–Crippen MR) is 390 cm³/mol. The molecule has 0 heterocycles. The molecular weight excluding hydrogens is 1240 g/mol. The second-order valence-electron chi connectivity index (χ2n) is 24.3. The van der Waals surface area contributed by atoms with Gasteiger partial charge in [-0.2, -0.15) is 0 Å². The summed E-state index contributed by atoms with van der Waals surface area (Å²) in [5.74, 6) is -1.59. The molecule has 0 spiro atoms. The van der Waals surface area contributed by atoms with Gasteiger partial charge in [-0.25, -0.2) is 9.13 Å². The average molecular weight is 1380 g/mol. The summed E-state index contributed by atoms with van der Waals surface area (Å²) in [6.07, 6.45) is 81.0. The van der Waals surface area contributed by atoms with Crippen molar-refractivity contribution in [1.29, 1.82) is 0 Å². The fourth-order valence-corrected chi connectivity index (χ4v) is 11.2. The Hall–Kier alpha value is -4.05. The number of aliphatic hydroxyl groups is 2. The highest BCUT2D eigenvalue weighted by Crippen LogP contribution is 2.45. The third kappa shape index (κ3) is 71.1. The summed E-state index contributed by atoms with van der Waals surface area (Å²) in [5.41, 5.74) is 0. The summed E-state index contributed by atoms with van der Waals surface area (Å²) < 4.78 is 61.0. The summed E-state index contributed by atoms with van der Waals surface area (Å²) >= 11 is 0. The molecule has 0 aliphatic carbocycles. The van der Waals surface area contributed by atoms with Crippen LogP contribution in [0.3, 0.4) is 0 Å². The van der Waals surface area contributed by atoms with Gasteiger partial charge in [0, 0.05) is 19.3 Å². The third-order valence-corrected chi connectivity index (χ3v) is 17.1. The molecule has 0 amide bonds. The van der Waals surface area contributed by atoms with Gasteiger partial charge >= 0.3 is 33.6 Å². The zero-order valence-electron chi connectivity index (χ0n) is 59.3. The molecule has 18 heteroatoms. The second kappa shape index (κ2) is 69.8. The van der Waals surface area contributed by atoms with Crippen molar-refractivity contribution < 1.29 is 75.8 Å². The van der Waals surface area contributed by atoms with Gasteiger partial charge < -0.3 is 34.2 Å². The molecule has 0 aromatic rings. The number of unbranched alkanes of at least 4 members (excludes halogenated alkanes) is 26. The van der Waals surface area contributed by atoms with Gasteiger partial charge in [0.1, 0.15) is 25.4 Å². The molecule has 16 nitrogen and oxygen atoms in total. The van der Waals surface area contributed by atoms with Crippen molar-refractivity contribution in [3.63, 3.8) is 0 Å². The summed E-state index contributed by atoms with van der Waals surface area (Å²) in [4.78, 5) is 58.5. The summed E-state index contributed by atoms with van der Waals surface area (Å²) in [6, 6.07) is 0. The van der Waals surface area contributed by atoms with Crippen LogP contribution in [0, 0.1) is 0 Å². The van der Waals surface area contributed by atoms with Crippen molar-refractivity contribution in [2.24, 2.45) is 0 Å². The topological polar surface area (TPSA) is 231 Å². The minimum atomic E-state index is -4.93. The molecule has 0 aromatic carbocycles. The van der Waals surface area contributed by atoms with Crippen molar-refractivity contribution in [3.05, 3.63) is 122 Å². The van der Waals surface area contributed by atoms with Gasteiger partial charge in [0.25, 0.3) is 0 Å². The van der Waals surface area contributed by atoms with E-state index in [9.17, 15) is 43.5 Å². The largest absolute Gasteiger partial charge is 0.472 e. The fourth-order valence-electron chi connectivity index (χ4n) is 9.62. The molecule has 0 rings (SSSR count). The Morgan fingerprint density at radius 1 is 0.305 bits per heavy atom. The SMILES string of the molecule is CC/C=C\C/C=C\C/C=C\C/C=C\C/C=C\C/C=C\CCCCCCCCCCC(=O)OCC(O)COP(=O)(O)OCC(O)COP(=O)(O)OCC(COC(=O)CCCCCCCC/C=C\C/C=C\C/C=C\C/C=C\CC)OC(=O)CCCCCCCCCCCCCCC. The molecule has 0 radical (unpaired) electrons. The number of carbonyl (C=O) groups excluding carboxylic acids is 3. The smallest absolute Gasteiger partial charge is 0.463 e. The van der Waals surface area contributed by atoms with Crippen molar-refractivity contribution in [2.75, 3.05) is 39.6 Å². The lowest BCUT2D eigenvalue weighted by atomic mass is 10.0. The highest BCUT2D eigenvalue weighted by Gasteiger charge is 2.29. The van der Waals surface area contributed by atoms with E-state index < -0.39 is 91.5 Å². The van der Waals surface area contributed by atoms with E-state index in [0.29, 0.717) is 19.3 Å². The van der Waals surface area contributed by atoms with E-state index in [1.165, 1.54) is 70.6 Å². The Bertz CT molecular complexity index is 2210. The number of aliphatic hydroxyl groups excluding tert-OH is 2. The lowest BCUT2D eigenvalue weighted by Gasteiger charge is -2.21. The van der Waals surface area contributed by atoms with Crippen LogP contribution in [0.2, 0.25) is 0 Å². The first-order chi connectivity index (χ1) is 46.2. The Morgan fingerprint density at radius 3 is 0.884 bits per heavy atom. The van der Waals surface area contributed by atoms with Crippen LogP contribution in [0.4, 0.5) is 0 Å². The van der Waals surface area contributed by atoms with Crippen LogP contribution in [0.5, 0.6) is 0 Å². The molecule has 95 heavy (non-hydrogen) atoms. The molecule has 4 N–H and O–H groups in total. The number of carbonyl (C=O) groups is 3. The molecule has 0 aromatic heterocycles. The first-order valence-electron chi connectivity index (χ1n) is 36.8. The molecular formula is C77H132O16P2. The number of hydrogen-bond acceptors (Lipinski definition) is 14. The number of ether oxygens (including phenoxy) is 3. The molecule has 5 unspecified atom stereocenters. The molecule has 0 fully saturated rings. The van der Waals surface area contributed by atoms with Gasteiger partial charge in [0.2, 0.25) is 0 Å². The van der Waals surface area contributed by atoms with Crippen molar-refractivity contribution in [3.8, 4) is 0 Å². The van der Waals surface area contributed by atoms with Crippen LogP contribution in [-0.2, 0) is 55.8 Å². The van der Waals surface area contributed by atoms with Gasteiger partial charge in [-0.05, 0) is 109 Å². The maximum Gasteiger partial charge on any atom is 0.472 e. The number of rotatable bonds is 69. The van der Waals surface area contributed by atoms with E-state index in [2.05, 4.69) is 142 Å². The monoisotopic (exact) mass is 1370 g/mol. The van der Waals surface area contributed by atoms with E-state index in [-0.39, 0.29) is 19.3 Å². The van der Waals surface area contributed by atoms with Crippen LogP contribution in [0.15, 0.2) is 122 Å². The van der Waals surface area contributed by atoms with Gasteiger partial charge in [-0.1, -0.05) is 284 Å². The minimum Gasteiger partial charge on any atom is -0.463 e. The Labute approximate surface area is 576 Å². The molecule has 0 saturated heterocycles. The maximum atomic E-state index is 12.9. The highest BCUT2D eigenvalue weighted by atomic mass is 31.2. The Balaban J connectivity index is 4.55. The summed E-state index contributed by atoms with van der Waals surface area (Å²) in [7, 11) is -9.79. The zero-order valence-corrected chi connectivity index (χ0v) is 61.1. The van der Waals surface area contributed by atoms with Crippen molar-refractivity contribution >= 4 is 33.6 Å². The fraction of sp³-hybridized carbons (Fsp3) is 0.701. The normalized spacial score (nSPS) is 14.8. The molecule has 0 bridgehead atoms. The van der Waals surface area contributed by atoms with E-state index in [4.69, 9.17) is 32.3 Å². The minimum absolute atomic E-state index is 0.102. The first kappa shape index (κ1) is 91.0. The van der Waals surface area contributed by atoms with E-state index in [1.807, 2.05) is 0 Å². The molecule has 5 atom stereocenters. The lowest BCUT2D eigenvalue weighted by Crippen LogP contribution is -2.30. The number of esters is 3. The molecule has 0 aliphatic heterocycles. The number of phosphoric acid groups is 2. The summed E-state index contributed by atoms with van der Waals surface area (Å²) in [6.45, 7) is 2.43. The highest BCUT2D eigenvalue weighted by molar-refractivity contribution is 7.47. The van der Waals surface area contributed by atoms with Crippen molar-refractivity contribution in [1.82, 2.24) is 0 Å². The third-order valence-electron chi connectivity index (χ3n) is 15.2. The zero-order chi connectivity index (χ0) is 69.5. The van der Waals surface area contributed by atoms with E-state index >= 15 is 0 Å². The molecule has 0 aliphatic rings. The number of allylic oxidation sites excluding steroid dienone is 20. The van der Waals surface area contributed by atoms with Crippen LogP contribution < -0.4 is 0 Å². The van der Waals surface area contributed by atoms with Crippen LogP contribution in [0.1, 0.15) is 290 Å². The van der Waals surface area contributed by atoms with Crippen LogP contribution in [-0.4, -0.2) is 95.9 Å². The Morgan fingerprint density at radius 2 is 0.558 bits per heavy atom. The van der Waals surface area contributed by atoms with Crippen molar-refractivity contribution in [2.45, 2.75) is 309 Å². The lowest BCUT2D eigenvalue weighted by molar-refractivity contribution is -0.161. The van der Waals surface area contributed by atoms with Gasteiger partial charge in [-0.15, -0.1) is 0 Å². The summed E-state index contributed by atoms with van der Waals surface area (Å²) in [5, 5.41) is 20.6. The predicted octanol–water partition coefficient (Wildman–Crippen LogP) is 21.0.